The quantitative estimate of drug-likeness (QED) is 0.770. The first-order valence-electron chi connectivity index (χ1n) is 8.43. The lowest BCUT2D eigenvalue weighted by atomic mass is 9.98. The fraction of sp³-hybridized carbons (Fsp3) is 0.250. The molecule has 2 aromatic carbocycles. The summed E-state index contributed by atoms with van der Waals surface area (Å²) in [6, 6.07) is 10.3. The van der Waals surface area contributed by atoms with Crippen molar-refractivity contribution in [2.75, 3.05) is 13.1 Å². The largest absolute Gasteiger partial charge is 0.337 e. The van der Waals surface area contributed by atoms with E-state index < -0.39 is 6.04 Å². The molecule has 3 nitrogen and oxygen atoms in total. The van der Waals surface area contributed by atoms with Crippen LogP contribution in [0.1, 0.15) is 29.2 Å². The van der Waals surface area contributed by atoms with Gasteiger partial charge in [0.25, 0.3) is 0 Å². The number of carbonyl (C=O) groups excluding carboxylic acids is 1. The van der Waals surface area contributed by atoms with Crippen molar-refractivity contribution in [3.63, 3.8) is 0 Å². The zero-order valence-corrected chi connectivity index (χ0v) is 16.2. The second-order valence-corrected chi connectivity index (χ2v) is 7.97. The van der Waals surface area contributed by atoms with Crippen LogP contribution in [0.3, 0.4) is 0 Å². The van der Waals surface area contributed by atoms with Crippen molar-refractivity contribution >= 4 is 46.3 Å². The van der Waals surface area contributed by atoms with Gasteiger partial charge in [-0.2, -0.15) is 0 Å². The lowest BCUT2D eigenvalue weighted by molar-refractivity contribution is -0.132. The van der Waals surface area contributed by atoms with E-state index in [0.717, 1.165) is 17.9 Å². The molecule has 0 aromatic heterocycles. The number of carbonyl (C=O) groups is 1. The Morgan fingerprint density at radius 1 is 1.08 bits per heavy atom. The van der Waals surface area contributed by atoms with E-state index in [4.69, 9.17) is 40.5 Å². The molecule has 1 aliphatic carbocycles. The standard InChI is InChI=1S/C20H17Cl3N2O/c21-14-3-1-11-7-13-10-25(6-5-15(13)16(11)9-14)20(26)19(24)12-2-4-17(22)18(23)8-12/h1-4,8-9,19H,5-7,10,24H2. The summed E-state index contributed by atoms with van der Waals surface area (Å²) in [5.41, 5.74) is 12.0. The highest BCUT2D eigenvalue weighted by molar-refractivity contribution is 6.42. The Morgan fingerprint density at radius 3 is 2.65 bits per heavy atom. The minimum absolute atomic E-state index is 0.0936. The van der Waals surface area contributed by atoms with Crippen LogP contribution in [0.15, 0.2) is 42.0 Å². The fourth-order valence-electron chi connectivity index (χ4n) is 3.76. The normalized spacial score (nSPS) is 17.2. The fourth-order valence-corrected chi connectivity index (χ4v) is 4.24. The Kier molecular flexibility index (Phi) is 4.74. The van der Waals surface area contributed by atoms with Crippen LogP contribution in [0.4, 0.5) is 0 Å². The SMILES string of the molecule is NC(C(=O)N1CCC2=C(Cc3ccc(Cl)cc32)C1)c1ccc(Cl)c(Cl)c1. The Hall–Kier alpha value is -1.52. The average Bonchev–Trinajstić information content (AvgIpc) is 2.99. The van der Waals surface area contributed by atoms with Crippen molar-refractivity contribution in [2.45, 2.75) is 18.9 Å². The van der Waals surface area contributed by atoms with Gasteiger partial charge in [-0.05, 0) is 64.9 Å². The summed E-state index contributed by atoms with van der Waals surface area (Å²) < 4.78 is 0. The second kappa shape index (κ2) is 6.90. The number of benzene rings is 2. The van der Waals surface area contributed by atoms with Gasteiger partial charge in [0.15, 0.2) is 0 Å². The van der Waals surface area contributed by atoms with Gasteiger partial charge in [0.1, 0.15) is 6.04 Å². The molecule has 0 saturated carbocycles. The smallest absolute Gasteiger partial charge is 0.244 e. The number of hydrogen-bond acceptors (Lipinski definition) is 2. The van der Waals surface area contributed by atoms with E-state index in [9.17, 15) is 4.79 Å². The highest BCUT2D eigenvalue weighted by Crippen LogP contribution is 2.39. The molecule has 26 heavy (non-hydrogen) atoms. The summed E-state index contributed by atoms with van der Waals surface area (Å²) in [5.74, 6) is -0.0936. The molecule has 2 N–H and O–H groups in total. The van der Waals surface area contributed by atoms with Gasteiger partial charge in [-0.3, -0.25) is 4.79 Å². The van der Waals surface area contributed by atoms with Crippen LogP contribution < -0.4 is 5.73 Å². The van der Waals surface area contributed by atoms with Crippen molar-refractivity contribution < 1.29 is 4.79 Å². The molecule has 4 rings (SSSR count). The maximum Gasteiger partial charge on any atom is 0.244 e. The average molecular weight is 408 g/mol. The van der Waals surface area contributed by atoms with E-state index in [1.165, 1.54) is 22.3 Å². The van der Waals surface area contributed by atoms with Gasteiger partial charge in [0, 0.05) is 18.1 Å². The molecule has 1 aliphatic heterocycles. The summed E-state index contributed by atoms with van der Waals surface area (Å²) >= 11 is 18.1. The Morgan fingerprint density at radius 2 is 1.88 bits per heavy atom. The van der Waals surface area contributed by atoms with Gasteiger partial charge in [0.2, 0.25) is 5.91 Å². The predicted octanol–water partition coefficient (Wildman–Crippen LogP) is 4.89. The lowest BCUT2D eigenvalue weighted by Crippen LogP contribution is -2.42. The first-order chi connectivity index (χ1) is 12.4. The lowest BCUT2D eigenvalue weighted by Gasteiger charge is -2.31. The first-order valence-corrected chi connectivity index (χ1v) is 9.56. The van der Waals surface area contributed by atoms with Crippen LogP contribution in [0.2, 0.25) is 15.1 Å². The summed E-state index contributed by atoms with van der Waals surface area (Å²) in [6.45, 7) is 1.26. The van der Waals surface area contributed by atoms with Crippen molar-refractivity contribution in [1.29, 1.82) is 0 Å². The molecule has 0 spiro atoms. The van der Waals surface area contributed by atoms with Crippen LogP contribution in [0.25, 0.3) is 5.57 Å². The van der Waals surface area contributed by atoms with E-state index in [0.29, 0.717) is 28.7 Å². The maximum atomic E-state index is 12.9. The van der Waals surface area contributed by atoms with Gasteiger partial charge in [-0.25, -0.2) is 0 Å². The maximum absolute atomic E-state index is 12.9. The first kappa shape index (κ1) is 17.9. The zero-order chi connectivity index (χ0) is 18.4. The van der Waals surface area contributed by atoms with Crippen molar-refractivity contribution in [3.8, 4) is 0 Å². The van der Waals surface area contributed by atoms with Crippen LogP contribution >= 0.6 is 34.8 Å². The van der Waals surface area contributed by atoms with E-state index in [-0.39, 0.29) is 5.91 Å². The van der Waals surface area contributed by atoms with Gasteiger partial charge in [-0.1, -0.05) is 46.9 Å². The molecule has 2 aromatic rings. The number of fused-ring (bicyclic) bond motifs is 2. The van der Waals surface area contributed by atoms with Gasteiger partial charge < -0.3 is 10.6 Å². The van der Waals surface area contributed by atoms with E-state index >= 15 is 0 Å². The summed E-state index contributed by atoms with van der Waals surface area (Å²) in [4.78, 5) is 14.7. The number of nitrogens with zero attached hydrogens (tertiary/aromatic N) is 1. The van der Waals surface area contributed by atoms with Crippen LogP contribution in [0, 0.1) is 0 Å². The molecule has 134 valence electrons. The number of rotatable bonds is 2. The number of nitrogens with two attached hydrogens (primary N) is 1. The predicted molar refractivity (Wildman–Crippen MR) is 107 cm³/mol. The number of halogens is 3. The Balaban J connectivity index is 1.53. The van der Waals surface area contributed by atoms with E-state index in [2.05, 4.69) is 6.07 Å². The number of hydrogen-bond donors (Lipinski definition) is 1. The molecule has 2 aliphatic rings. The third-order valence-electron chi connectivity index (χ3n) is 5.12. The highest BCUT2D eigenvalue weighted by atomic mass is 35.5. The second-order valence-electron chi connectivity index (χ2n) is 6.72. The molecule has 0 bridgehead atoms. The molecule has 0 saturated heterocycles. The number of amides is 1. The third-order valence-corrected chi connectivity index (χ3v) is 6.10. The highest BCUT2D eigenvalue weighted by Gasteiger charge is 2.31. The molecule has 6 heteroatoms. The molecular formula is C20H17Cl3N2O. The molecule has 1 unspecified atom stereocenters. The van der Waals surface area contributed by atoms with Gasteiger partial charge in [-0.15, -0.1) is 0 Å². The topological polar surface area (TPSA) is 46.3 Å². The monoisotopic (exact) mass is 406 g/mol. The molecule has 1 heterocycles. The van der Waals surface area contributed by atoms with Gasteiger partial charge >= 0.3 is 0 Å². The molecule has 1 atom stereocenters. The van der Waals surface area contributed by atoms with Crippen molar-refractivity contribution in [3.05, 3.63) is 73.7 Å². The van der Waals surface area contributed by atoms with E-state index in [1.54, 1.807) is 18.2 Å². The van der Waals surface area contributed by atoms with Crippen molar-refractivity contribution in [2.24, 2.45) is 5.73 Å². The molecule has 0 fully saturated rings. The molecule has 1 amide bonds. The van der Waals surface area contributed by atoms with Crippen LogP contribution in [0.5, 0.6) is 0 Å². The minimum atomic E-state index is -0.745. The van der Waals surface area contributed by atoms with E-state index in [1.807, 2.05) is 17.0 Å². The Labute approximate surface area is 167 Å². The van der Waals surface area contributed by atoms with Gasteiger partial charge in [0.05, 0.1) is 10.0 Å². The summed E-state index contributed by atoms with van der Waals surface area (Å²) in [6.07, 6.45) is 1.69. The Bertz CT molecular complexity index is 939. The minimum Gasteiger partial charge on any atom is -0.337 e. The van der Waals surface area contributed by atoms with Crippen LogP contribution in [-0.2, 0) is 11.2 Å². The zero-order valence-electron chi connectivity index (χ0n) is 13.9. The van der Waals surface area contributed by atoms with Crippen LogP contribution in [-0.4, -0.2) is 23.9 Å². The third kappa shape index (κ3) is 3.14. The van der Waals surface area contributed by atoms with Crippen molar-refractivity contribution in [1.82, 2.24) is 4.90 Å². The molecular weight excluding hydrogens is 391 g/mol. The summed E-state index contributed by atoms with van der Waals surface area (Å²) in [5, 5.41) is 1.60. The summed E-state index contributed by atoms with van der Waals surface area (Å²) in [7, 11) is 0. The molecule has 0 radical (unpaired) electrons.